The zero-order chi connectivity index (χ0) is 19.5. The van der Waals surface area contributed by atoms with Crippen molar-refractivity contribution in [3.8, 4) is 0 Å². The van der Waals surface area contributed by atoms with Crippen LogP contribution in [0.2, 0.25) is 0 Å². The highest BCUT2D eigenvalue weighted by molar-refractivity contribution is 6.07. The van der Waals surface area contributed by atoms with Crippen molar-refractivity contribution in [1.82, 2.24) is 9.80 Å². The predicted molar refractivity (Wildman–Crippen MR) is 111 cm³/mol. The Hall–Kier alpha value is -2.46. The largest absolute Gasteiger partial charge is 0.302 e. The van der Waals surface area contributed by atoms with Gasteiger partial charge >= 0.3 is 0 Å². The predicted octanol–water partition coefficient (Wildman–Crippen LogP) is 3.36. The second-order valence-corrected chi connectivity index (χ2v) is 9.00. The zero-order valence-corrected chi connectivity index (χ0v) is 16.6. The molecule has 0 N–H and O–H groups in total. The number of rotatable bonds is 3. The third kappa shape index (κ3) is 2.42. The summed E-state index contributed by atoms with van der Waals surface area (Å²) in [6.45, 7) is 3.53. The van der Waals surface area contributed by atoms with Crippen LogP contribution < -0.4 is 0 Å². The first-order valence-corrected chi connectivity index (χ1v) is 11.0. The van der Waals surface area contributed by atoms with Gasteiger partial charge in [0, 0.05) is 24.9 Å². The van der Waals surface area contributed by atoms with Gasteiger partial charge in [0.1, 0.15) is 0 Å². The van der Waals surface area contributed by atoms with E-state index in [-0.39, 0.29) is 35.5 Å². The van der Waals surface area contributed by atoms with Crippen molar-refractivity contribution >= 4 is 11.8 Å². The topological polar surface area (TPSA) is 40.6 Å². The summed E-state index contributed by atoms with van der Waals surface area (Å²) in [5.74, 6) is -0.355. The Morgan fingerprint density at radius 3 is 1.55 bits per heavy atom. The number of hydrogen-bond donors (Lipinski definition) is 0. The van der Waals surface area contributed by atoms with Gasteiger partial charge in [-0.25, -0.2) is 0 Å². The van der Waals surface area contributed by atoms with E-state index in [1.165, 1.54) is 41.5 Å². The van der Waals surface area contributed by atoms with Gasteiger partial charge in [0.05, 0.1) is 11.8 Å². The molecule has 4 heteroatoms. The number of carbonyl (C=O) groups excluding carboxylic acids is 2. The van der Waals surface area contributed by atoms with Crippen LogP contribution in [0.5, 0.6) is 0 Å². The SMILES string of the molecule is O=C1C2C3c4ccccc4C(c4ccccc43)C2C(=O)N1CCN1CCCCC1. The third-order valence-corrected chi connectivity index (χ3v) is 7.63. The first-order valence-electron chi connectivity index (χ1n) is 11.0. The maximum absolute atomic E-state index is 13.5. The molecule has 5 aliphatic rings. The molecule has 2 fully saturated rings. The molecule has 4 nitrogen and oxygen atoms in total. The normalized spacial score (nSPS) is 30.3. The molecule has 2 heterocycles. The van der Waals surface area contributed by atoms with Gasteiger partial charge in [0.25, 0.3) is 0 Å². The summed E-state index contributed by atoms with van der Waals surface area (Å²) in [6, 6.07) is 16.9. The van der Waals surface area contributed by atoms with E-state index >= 15 is 0 Å². The Kier molecular flexibility index (Phi) is 3.92. The minimum Gasteiger partial charge on any atom is -0.302 e. The fraction of sp³-hybridized carbons (Fsp3) is 0.440. The number of piperidine rings is 1. The van der Waals surface area contributed by atoms with Gasteiger partial charge in [-0.1, -0.05) is 55.0 Å². The highest BCUT2D eigenvalue weighted by atomic mass is 16.2. The molecule has 2 aliphatic heterocycles. The first-order chi connectivity index (χ1) is 14.3. The second-order valence-electron chi connectivity index (χ2n) is 9.00. The summed E-state index contributed by atoms with van der Waals surface area (Å²) >= 11 is 0. The van der Waals surface area contributed by atoms with Crippen molar-refractivity contribution < 1.29 is 9.59 Å². The minimum absolute atomic E-state index is 0.00818. The molecule has 2 unspecified atom stereocenters. The fourth-order valence-corrected chi connectivity index (χ4v) is 6.38. The van der Waals surface area contributed by atoms with Gasteiger partial charge in [-0.3, -0.25) is 14.5 Å². The number of likely N-dealkylation sites (tertiary alicyclic amines) is 2. The molecule has 0 aromatic heterocycles. The van der Waals surface area contributed by atoms with Crippen molar-refractivity contribution in [3.05, 3.63) is 70.8 Å². The Balaban J connectivity index is 1.37. The highest BCUT2D eigenvalue weighted by Gasteiger charge is 2.61. The molecule has 2 aromatic rings. The lowest BCUT2D eigenvalue weighted by Crippen LogP contribution is -2.41. The standard InChI is InChI=1S/C25H26N2O2/c28-24-22-20-16-8-2-3-9-17(16)21(19-11-5-4-10-18(19)20)23(22)25(29)27(24)15-14-26-12-6-1-7-13-26/h2-5,8-11,20-23H,1,6-7,12-15H2. The van der Waals surface area contributed by atoms with E-state index in [9.17, 15) is 9.59 Å². The van der Waals surface area contributed by atoms with Gasteiger partial charge in [0.15, 0.2) is 0 Å². The van der Waals surface area contributed by atoms with E-state index in [1.54, 1.807) is 4.90 Å². The monoisotopic (exact) mass is 386 g/mol. The Bertz CT molecular complexity index is 878. The Labute approximate surface area is 171 Å². The molecule has 29 heavy (non-hydrogen) atoms. The van der Waals surface area contributed by atoms with Crippen LogP contribution in [0.1, 0.15) is 53.4 Å². The molecule has 148 valence electrons. The van der Waals surface area contributed by atoms with Crippen molar-refractivity contribution in [2.75, 3.05) is 26.2 Å². The van der Waals surface area contributed by atoms with Crippen LogP contribution in [0.25, 0.3) is 0 Å². The van der Waals surface area contributed by atoms with E-state index in [0.29, 0.717) is 6.54 Å². The molecule has 2 atom stereocenters. The van der Waals surface area contributed by atoms with Crippen LogP contribution in [0.3, 0.4) is 0 Å². The van der Waals surface area contributed by atoms with E-state index < -0.39 is 0 Å². The van der Waals surface area contributed by atoms with Gasteiger partial charge in [-0.2, -0.15) is 0 Å². The molecule has 0 spiro atoms. The molecule has 2 bridgehead atoms. The summed E-state index contributed by atoms with van der Waals surface area (Å²) in [6.07, 6.45) is 3.74. The number of hydrogen-bond acceptors (Lipinski definition) is 3. The summed E-state index contributed by atoms with van der Waals surface area (Å²) < 4.78 is 0. The van der Waals surface area contributed by atoms with E-state index in [1.807, 2.05) is 0 Å². The number of imide groups is 1. The van der Waals surface area contributed by atoms with Crippen LogP contribution >= 0.6 is 0 Å². The highest BCUT2D eigenvalue weighted by Crippen LogP contribution is 2.60. The molecule has 2 amide bonds. The van der Waals surface area contributed by atoms with E-state index in [4.69, 9.17) is 0 Å². The summed E-state index contributed by atoms with van der Waals surface area (Å²) in [5.41, 5.74) is 4.99. The van der Waals surface area contributed by atoms with Crippen molar-refractivity contribution in [2.24, 2.45) is 11.8 Å². The van der Waals surface area contributed by atoms with Crippen LogP contribution in [-0.4, -0.2) is 47.8 Å². The van der Waals surface area contributed by atoms with Crippen molar-refractivity contribution in [1.29, 1.82) is 0 Å². The first kappa shape index (κ1) is 17.4. The molecular formula is C25H26N2O2. The van der Waals surface area contributed by atoms with E-state index in [0.717, 1.165) is 19.6 Å². The van der Waals surface area contributed by atoms with Crippen molar-refractivity contribution in [2.45, 2.75) is 31.1 Å². The number of nitrogens with zero attached hydrogens (tertiary/aromatic N) is 2. The molecule has 2 aromatic carbocycles. The quantitative estimate of drug-likeness (QED) is 0.760. The average Bonchev–Trinajstić information content (AvgIpc) is 3.03. The zero-order valence-electron chi connectivity index (χ0n) is 16.6. The van der Waals surface area contributed by atoms with E-state index in [2.05, 4.69) is 53.4 Å². The minimum atomic E-state index is -0.237. The molecule has 7 rings (SSSR count). The summed E-state index contributed by atoms with van der Waals surface area (Å²) in [7, 11) is 0. The van der Waals surface area contributed by atoms with Crippen LogP contribution in [0.4, 0.5) is 0 Å². The Morgan fingerprint density at radius 1 is 0.655 bits per heavy atom. The van der Waals surface area contributed by atoms with Crippen LogP contribution in [-0.2, 0) is 9.59 Å². The fourth-order valence-electron chi connectivity index (χ4n) is 6.38. The third-order valence-electron chi connectivity index (χ3n) is 7.63. The van der Waals surface area contributed by atoms with Crippen molar-refractivity contribution in [3.63, 3.8) is 0 Å². The lowest BCUT2D eigenvalue weighted by atomic mass is 9.55. The Morgan fingerprint density at radius 2 is 1.10 bits per heavy atom. The average molecular weight is 386 g/mol. The molecule has 0 saturated carbocycles. The van der Waals surface area contributed by atoms with Gasteiger partial charge in [-0.05, 0) is 48.2 Å². The lowest BCUT2D eigenvalue weighted by molar-refractivity contribution is -0.140. The van der Waals surface area contributed by atoms with Crippen LogP contribution in [0, 0.1) is 11.8 Å². The number of carbonyl (C=O) groups is 2. The second kappa shape index (κ2) is 6.53. The maximum Gasteiger partial charge on any atom is 0.234 e. The smallest absolute Gasteiger partial charge is 0.234 e. The molecular weight excluding hydrogens is 360 g/mol. The van der Waals surface area contributed by atoms with Crippen LogP contribution in [0.15, 0.2) is 48.5 Å². The van der Waals surface area contributed by atoms with Gasteiger partial charge in [0.2, 0.25) is 11.8 Å². The molecule has 0 radical (unpaired) electrons. The lowest BCUT2D eigenvalue weighted by Gasteiger charge is -2.45. The number of benzene rings is 2. The number of amides is 2. The summed E-state index contributed by atoms with van der Waals surface area (Å²) in [4.78, 5) is 31.0. The molecule has 2 saturated heterocycles. The molecule has 3 aliphatic carbocycles. The van der Waals surface area contributed by atoms with Gasteiger partial charge in [-0.15, -0.1) is 0 Å². The summed E-state index contributed by atoms with van der Waals surface area (Å²) in [5, 5.41) is 0. The maximum atomic E-state index is 13.5. The van der Waals surface area contributed by atoms with Gasteiger partial charge < -0.3 is 4.90 Å².